The number of benzene rings is 1. The minimum absolute atomic E-state index is 0.756. The predicted molar refractivity (Wildman–Crippen MR) is 93.7 cm³/mol. The number of hydrogen-bond donors (Lipinski definition) is 1. The fourth-order valence-electron chi connectivity index (χ4n) is 2.40. The Bertz CT molecular complexity index is 861. The summed E-state index contributed by atoms with van der Waals surface area (Å²) in [5.41, 5.74) is 2.07. The van der Waals surface area contributed by atoms with Crippen LogP contribution in [0.25, 0.3) is 11.0 Å². The third kappa shape index (κ3) is 3.30. The Balaban J connectivity index is 1.42. The molecule has 116 valence electrons. The summed E-state index contributed by atoms with van der Waals surface area (Å²) in [6.07, 6.45) is 2.81. The molecule has 1 N–H and O–H groups in total. The molecule has 3 aromatic heterocycles. The van der Waals surface area contributed by atoms with Crippen LogP contribution in [0.2, 0.25) is 0 Å². The highest BCUT2D eigenvalue weighted by molar-refractivity contribution is 7.98. The lowest BCUT2D eigenvalue weighted by atomic mass is 10.3. The molecule has 0 bridgehead atoms. The normalized spacial score (nSPS) is 11.3. The first-order valence-electron chi connectivity index (χ1n) is 7.35. The Morgan fingerprint density at radius 3 is 3.00 bits per heavy atom. The first-order chi connectivity index (χ1) is 11.4. The van der Waals surface area contributed by atoms with E-state index in [1.54, 1.807) is 29.4 Å². The van der Waals surface area contributed by atoms with Gasteiger partial charge in [0.25, 0.3) is 0 Å². The van der Waals surface area contributed by atoms with E-state index in [0.29, 0.717) is 0 Å². The van der Waals surface area contributed by atoms with Gasteiger partial charge in [-0.25, -0.2) is 4.98 Å². The number of imidazole rings is 1. The van der Waals surface area contributed by atoms with Crippen LogP contribution in [0.1, 0.15) is 10.7 Å². The number of thioether (sulfide) groups is 1. The number of para-hydroxylation sites is 2. The van der Waals surface area contributed by atoms with E-state index in [1.807, 2.05) is 24.3 Å². The number of thiophene rings is 1. The molecule has 3 heterocycles. The maximum atomic E-state index is 4.60. The van der Waals surface area contributed by atoms with Gasteiger partial charge in [0.1, 0.15) is 12.2 Å². The van der Waals surface area contributed by atoms with Crippen molar-refractivity contribution in [1.29, 1.82) is 0 Å². The van der Waals surface area contributed by atoms with E-state index in [1.165, 1.54) is 4.88 Å². The number of aromatic amines is 1. The summed E-state index contributed by atoms with van der Waals surface area (Å²) < 4.78 is 2.10. The Labute approximate surface area is 141 Å². The molecule has 0 aliphatic rings. The highest BCUT2D eigenvalue weighted by atomic mass is 32.2. The highest BCUT2D eigenvalue weighted by Gasteiger charge is 2.08. The molecule has 0 aliphatic heterocycles. The van der Waals surface area contributed by atoms with E-state index in [4.69, 9.17) is 0 Å². The molecule has 23 heavy (non-hydrogen) atoms. The molecule has 0 saturated carbocycles. The van der Waals surface area contributed by atoms with Crippen molar-refractivity contribution < 1.29 is 0 Å². The number of hydrogen-bond acceptors (Lipinski definition) is 5. The zero-order valence-electron chi connectivity index (χ0n) is 12.3. The number of fused-ring (bicyclic) bond motifs is 1. The van der Waals surface area contributed by atoms with Crippen molar-refractivity contribution in [2.45, 2.75) is 23.9 Å². The smallest absolute Gasteiger partial charge is 0.191 e. The van der Waals surface area contributed by atoms with E-state index in [2.05, 4.69) is 42.2 Å². The van der Waals surface area contributed by atoms with Gasteiger partial charge in [0.15, 0.2) is 5.16 Å². The molecule has 0 unspecified atom stereocenters. The van der Waals surface area contributed by atoms with Crippen molar-refractivity contribution in [3.05, 3.63) is 58.8 Å². The molecule has 7 heteroatoms. The third-order valence-electron chi connectivity index (χ3n) is 3.54. The molecule has 0 spiro atoms. The molecule has 0 saturated heterocycles. The first kappa shape index (κ1) is 14.5. The number of nitrogens with zero attached hydrogens (tertiary/aromatic N) is 4. The Morgan fingerprint density at radius 1 is 1.17 bits per heavy atom. The number of H-pyrrole nitrogens is 1. The van der Waals surface area contributed by atoms with Gasteiger partial charge in [-0.2, -0.15) is 0 Å². The Kier molecular flexibility index (Phi) is 4.12. The van der Waals surface area contributed by atoms with E-state index in [0.717, 1.165) is 40.7 Å². The van der Waals surface area contributed by atoms with E-state index in [9.17, 15) is 0 Å². The second kappa shape index (κ2) is 6.55. The fraction of sp³-hybridized carbons (Fsp3) is 0.188. The molecule has 5 nitrogen and oxygen atoms in total. The van der Waals surface area contributed by atoms with Crippen molar-refractivity contribution in [3.8, 4) is 0 Å². The zero-order valence-corrected chi connectivity index (χ0v) is 14.0. The van der Waals surface area contributed by atoms with Gasteiger partial charge in [-0.3, -0.25) is 0 Å². The van der Waals surface area contributed by atoms with Crippen LogP contribution in [0.5, 0.6) is 0 Å². The molecule has 1 aromatic carbocycles. The van der Waals surface area contributed by atoms with Crippen molar-refractivity contribution in [3.63, 3.8) is 0 Å². The number of aromatic nitrogens is 5. The van der Waals surface area contributed by atoms with E-state index >= 15 is 0 Å². The van der Waals surface area contributed by atoms with Crippen LogP contribution in [0.4, 0.5) is 0 Å². The molecule has 4 rings (SSSR count). The summed E-state index contributed by atoms with van der Waals surface area (Å²) in [5.74, 6) is 1.72. The van der Waals surface area contributed by atoms with Gasteiger partial charge >= 0.3 is 0 Å². The van der Waals surface area contributed by atoms with Crippen LogP contribution in [0.3, 0.4) is 0 Å². The van der Waals surface area contributed by atoms with Gasteiger partial charge in [0, 0.05) is 11.4 Å². The standard InChI is InChI=1S/C16H15N5S2/c1-2-6-14-13(5-1)18-15(19-14)10-23-16-20-17-11-21(16)8-7-12-4-3-9-22-12/h1-6,9,11H,7-8,10H2,(H,18,19). The summed E-state index contributed by atoms with van der Waals surface area (Å²) in [6, 6.07) is 12.3. The second-order valence-corrected chi connectivity index (χ2v) is 7.10. The molecule has 4 aromatic rings. The second-order valence-electron chi connectivity index (χ2n) is 5.13. The van der Waals surface area contributed by atoms with Crippen LogP contribution >= 0.6 is 23.1 Å². The largest absolute Gasteiger partial charge is 0.341 e. The van der Waals surface area contributed by atoms with Gasteiger partial charge < -0.3 is 9.55 Å². The number of rotatable bonds is 6. The van der Waals surface area contributed by atoms with Crippen LogP contribution < -0.4 is 0 Å². The lowest BCUT2D eigenvalue weighted by molar-refractivity contribution is 0.637. The van der Waals surface area contributed by atoms with E-state index in [-0.39, 0.29) is 0 Å². The summed E-state index contributed by atoms with van der Waals surface area (Å²) in [4.78, 5) is 9.32. The van der Waals surface area contributed by atoms with Gasteiger partial charge in [0.2, 0.25) is 0 Å². The molecule has 0 atom stereocenters. The maximum absolute atomic E-state index is 4.60. The van der Waals surface area contributed by atoms with Crippen molar-refractivity contribution in [1.82, 2.24) is 24.7 Å². The highest BCUT2D eigenvalue weighted by Crippen LogP contribution is 2.21. The average molecular weight is 341 g/mol. The maximum Gasteiger partial charge on any atom is 0.191 e. The summed E-state index contributed by atoms with van der Waals surface area (Å²) in [6.45, 7) is 0.899. The van der Waals surface area contributed by atoms with Crippen LogP contribution in [-0.4, -0.2) is 24.7 Å². The van der Waals surface area contributed by atoms with Gasteiger partial charge in [-0.05, 0) is 30.0 Å². The van der Waals surface area contributed by atoms with Crippen molar-refractivity contribution >= 4 is 34.1 Å². The minimum atomic E-state index is 0.756. The number of aryl methyl sites for hydroxylation is 2. The van der Waals surface area contributed by atoms with Gasteiger partial charge in [0.05, 0.1) is 16.8 Å². The lowest BCUT2D eigenvalue weighted by Gasteiger charge is -2.04. The van der Waals surface area contributed by atoms with Crippen LogP contribution in [0.15, 0.2) is 53.3 Å². The van der Waals surface area contributed by atoms with Crippen LogP contribution in [0, 0.1) is 0 Å². The number of nitrogens with one attached hydrogen (secondary N) is 1. The molecule has 0 amide bonds. The SMILES string of the molecule is c1csc(CCn2cnnc2SCc2nc3ccccc3[nH]2)c1. The summed E-state index contributed by atoms with van der Waals surface area (Å²) in [7, 11) is 0. The Morgan fingerprint density at radius 2 is 2.13 bits per heavy atom. The quantitative estimate of drug-likeness (QED) is 0.543. The van der Waals surface area contributed by atoms with E-state index < -0.39 is 0 Å². The summed E-state index contributed by atoms with van der Waals surface area (Å²) in [5, 5.41) is 11.3. The fourth-order valence-corrected chi connectivity index (χ4v) is 3.91. The predicted octanol–water partition coefficient (Wildman–Crippen LogP) is 3.75. The molecular formula is C16H15N5S2. The molecule has 0 fully saturated rings. The average Bonchev–Trinajstić information content (AvgIpc) is 3.30. The van der Waals surface area contributed by atoms with Crippen LogP contribution in [-0.2, 0) is 18.7 Å². The lowest BCUT2D eigenvalue weighted by Crippen LogP contribution is -2.01. The first-order valence-corrected chi connectivity index (χ1v) is 9.21. The van der Waals surface area contributed by atoms with Crippen molar-refractivity contribution in [2.24, 2.45) is 0 Å². The van der Waals surface area contributed by atoms with Gasteiger partial charge in [-0.1, -0.05) is 30.0 Å². The summed E-state index contributed by atoms with van der Waals surface area (Å²) >= 11 is 3.45. The minimum Gasteiger partial charge on any atom is -0.341 e. The topological polar surface area (TPSA) is 59.4 Å². The molecular weight excluding hydrogens is 326 g/mol. The zero-order chi connectivity index (χ0) is 15.5. The van der Waals surface area contributed by atoms with Gasteiger partial charge in [-0.15, -0.1) is 21.5 Å². The molecule has 0 aliphatic carbocycles. The monoisotopic (exact) mass is 341 g/mol. The Hall–Kier alpha value is -2.12. The molecule has 0 radical (unpaired) electrons. The van der Waals surface area contributed by atoms with Crippen molar-refractivity contribution in [2.75, 3.05) is 0 Å². The third-order valence-corrected chi connectivity index (χ3v) is 5.46.